The molecule has 3 heterocycles. The standard InChI is InChI=1S/C33H45ClN2O5S/c1-5-7-8-13-22-41-31(40)26-25-29(38)36(20-11-9-10-12-21-37)28(33(25)18-17-32(26,4)42-33)30(39)35(19-6-2)27-23(3)15-14-16-24(27)34/h5-6,14-16,25-26,28,37H,1-2,7-13,17-22H2,3-4H3/t25-,26+,28?,32-,33?/m0/s1. The first-order chi connectivity index (χ1) is 20.2. The van der Waals surface area contributed by atoms with Crippen LogP contribution < -0.4 is 4.90 Å². The van der Waals surface area contributed by atoms with Gasteiger partial charge in [0.15, 0.2) is 0 Å². The average Bonchev–Trinajstić information content (AvgIpc) is 3.52. The van der Waals surface area contributed by atoms with Crippen molar-refractivity contribution < 1.29 is 24.2 Å². The van der Waals surface area contributed by atoms with Crippen LogP contribution in [0, 0.1) is 18.8 Å². The van der Waals surface area contributed by atoms with Crippen LogP contribution in [0.2, 0.25) is 5.02 Å². The molecule has 2 amide bonds. The van der Waals surface area contributed by atoms with Crippen LogP contribution >= 0.6 is 23.4 Å². The predicted octanol–water partition coefficient (Wildman–Crippen LogP) is 6.10. The van der Waals surface area contributed by atoms with E-state index >= 15 is 0 Å². The zero-order chi connectivity index (χ0) is 30.5. The lowest BCUT2D eigenvalue weighted by Gasteiger charge is -2.37. The summed E-state index contributed by atoms with van der Waals surface area (Å²) in [5.74, 6) is -1.87. The number of nitrogens with zero attached hydrogens (tertiary/aromatic N) is 2. The number of ether oxygens (including phenoxy) is 1. The van der Waals surface area contributed by atoms with Crippen molar-refractivity contribution in [2.75, 3.05) is 31.2 Å². The molecule has 3 aliphatic heterocycles. The van der Waals surface area contributed by atoms with Gasteiger partial charge in [-0.05, 0) is 70.4 Å². The molecule has 9 heteroatoms. The normalized spacial score (nSPS) is 27.7. The number of halogens is 1. The number of aliphatic hydroxyl groups is 1. The van der Waals surface area contributed by atoms with Crippen LogP contribution in [0.15, 0.2) is 43.5 Å². The number of thioether (sulfide) groups is 1. The van der Waals surface area contributed by atoms with Crippen LogP contribution in [0.5, 0.6) is 0 Å². The molecule has 230 valence electrons. The van der Waals surface area contributed by atoms with Gasteiger partial charge < -0.3 is 19.6 Å². The van der Waals surface area contributed by atoms with E-state index in [1.165, 1.54) is 0 Å². The number of benzene rings is 1. The van der Waals surface area contributed by atoms with Gasteiger partial charge in [-0.3, -0.25) is 14.4 Å². The van der Waals surface area contributed by atoms with Crippen LogP contribution in [0.4, 0.5) is 5.69 Å². The maximum atomic E-state index is 14.8. The molecule has 2 bridgehead atoms. The summed E-state index contributed by atoms with van der Waals surface area (Å²) in [6.07, 6.45) is 10.5. The minimum atomic E-state index is -0.735. The number of allylic oxidation sites excluding steroid dienone is 1. The first-order valence-electron chi connectivity index (χ1n) is 15.2. The Bertz CT molecular complexity index is 1170. The van der Waals surface area contributed by atoms with Gasteiger partial charge in [-0.1, -0.05) is 48.7 Å². The lowest BCUT2D eigenvalue weighted by Crippen LogP contribution is -2.55. The summed E-state index contributed by atoms with van der Waals surface area (Å²) in [4.78, 5) is 46.2. The number of carbonyl (C=O) groups excluding carboxylic acids is 3. The molecule has 42 heavy (non-hydrogen) atoms. The van der Waals surface area contributed by atoms with E-state index in [9.17, 15) is 19.5 Å². The number of para-hydroxylation sites is 1. The van der Waals surface area contributed by atoms with E-state index in [1.54, 1.807) is 33.7 Å². The fourth-order valence-corrected chi connectivity index (χ4v) is 9.90. The second-order valence-electron chi connectivity index (χ2n) is 12.0. The van der Waals surface area contributed by atoms with Gasteiger partial charge in [0.05, 0.1) is 33.9 Å². The number of amides is 2. The first-order valence-corrected chi connectivity index (χ1v) is 16.4. The number of likely N-dealkylation sites (tertiary alicyclic amines) is 1. The van der Waals surface area contributed by atoms with Gasteiger partial charge in [-0.15, -0.1) is 24.9 Å². The third-order valence-electron chi connectivity index (χ3n) is 9.15. The van der Waals surface area contributed by atoms with E-state index < -0.39 is 27.4 Å². The minimum Gasteiger partial charge on any atom is -0.465 e. The number of anilines is 1. The highest BCUT2D eigenvalue weighted by Gasteiger charge is 2.77. The summed E-state index contributed by atoms with van der Waals surface area (Å²) < 4.78 is 4.57. The largest absolute Gasteiger partial charge is 0.465 e. The molecular weight excluding hydrogens is 572 g/mol. The summed E-state index contributed by atoms with van der Waals surface area (Å²) in [6, 6.07) is 4.81. The van der Waals surface area contributed by atoms with Crippen molar-refractivity contribution in [3.05, 3.63) is 54.1 Å². The molecule has 1 aromatic carbocycles. The molecule has 4 rings (SSSR count). The van der Waals surface area contributed by atoms with Crippen LogP contribution in [0.25, 0.3) is 0 Å². The lowest BCUT2D eigenvalue weighted by atomic mass is 9.66. The van der Waals surface area contributed by atoms with Crippen molar-refractivity contribution in [1.82, 2.24) is 4.90 Å². The van der Waals surface area contributed by atoms with Crippen LogP contribution in [0.3, 0.4) is 0 Å². The van der Waals surface area contributed by atoms with E-state index in [0.29, 0.717) is 43.1 Å². The zero-order valence-corrected chi connectivity index (χ0v) is 26.6. The Labute approximate surface area is 259 Å². The van der Waals surface area contributed by atoms with Gasteiger partial charge in [0.2, 0.25) is 5.91 Å². The number of rotatable bonds is 16. The number of carbonyl (C=O) groups is 3. The monoisotopic (exact) mass is 616 g/mol. The highest BCUT2D eigenvalue weighted by molar-refractivity contribution is 8.02. The quantitative estimate of drug-likeness (QED) is 0.137. The molecule has 0 radical (unpaired) electrons. The van der Waals surface area contributed by atoms with Gasteiger partial charge in [0, 0.05) is 24.4 Å². The Morgan fingerprint density at radius 3 is 2.62 bits per heavy atom. The fourth-order valence-electron chi connectivity index (χ4n) is 7.24. The topological polar surface area (TPSA) is 87.1 Å². The van der Waals surface area contributed by atoms with Gasteiger partial charge >= 0.3 is 5.97 Å². The van der Waals surface area contributed by atoms with E-state index in [-0.39, 0.29) is 30.9 Å². The predicted molar refractivity (Wildman–Crippen MR) is 170 cm³/mol. The first kappa shape index (κ1) is 32.6. The molecule has 0 aromatic heterocycles. The van der Waals surface area contributed by atoms with E-state index in [4.69, 9.17) is 16.3 Å². The second-order valence-corrected chi connectivity index (χ2v) is 14.3. The number of hydrogen-bond donors (Lipinski definition) is 1. The molecule has 3 saturated heterocycles. The van der Waals surface area contributed by atoms with Crippen LogP contribution in [-0.4, -0.2) is 69.6 Å². The number of hydrogen-bond acceptors (Lipinski definition) is 6. The molecule has 1 aromatic rings. The molecule has 1 N–H and O–H groups in total. The van der Waals surface area contributed by atoms with Crippen molar-refractivity contribution in [2.45, 2.75) is 87.2 Å². The molecule has 5 atom stereocenters. The third-order valence-corrected chi connectivity index (χ3v) is 11.4. The minimum absolute atomic E-state index is 0.130. The summed E-state index contributed by atoms with van der Waals surface area (Å²) in [6.45, 7) is 12.7. The Morgan fingerprint density at radius 1 is 1.17 bits per heavy atom. The summed E-state index contributed by atoms with van der Waals surface area (Å²) in [7, 11) is 0. The van der Waals surface area contributed by atoms with Crippen molar-refractivity contribution in [1.29, 1.82) is 0 Å². The average molecular weight is 617 g/mol. The number of unbranched alkanes of at least 4 members (excludes halogenated alkanes) is 5. The Hall–Kier alpha value is -2.29. The second kappa shape index (κ2) is 14.0. The van der Waals surface area contributed by atoms with Crippen LogP contribution in [0.1, 0.15) is 70.3 Å². The molecular formula is C33H45ClN2O5S. The van der Waals surface area contributed by atoms with Crippen molar-refractivity contribution >= 4 is 46.8 Å². The molecule has 1 spiro atoms. The Kier molecular flexibility index (Phi) is 10.9. The van der Waals surface area contributed by atoms with Crippen LogP contribution in [-0.2, 0) is 19.1 Å². The fraction of sp³-hybridized carbons (Fsp3) is 0.606. The zero-order valence-electron chi connectivity index (χ0n) is 25.0. The molecule has 3 aliphatic rings. The highest BCUT2D eigenvalue weighted by Crippen LogP contribution is 2.71. The number of esters is 1. The van der Waals surface area contributed by atoms with Gasteiger partial charge in [0.1, 0.15) is 6.04 Å². The number of aliphatic hydroxyl groups excluding tert-OH is 1. The summed E-state index contributed by atoms with van der Waals surface area (Å²) >= 11 is 8.31. The van der Waals surface area contributed by atoms with Gasteiger partial charge in [-0.25, -0.2) is 0 Å². The van der Waals surface area contributed by atoms with E-state index in [2.05, 4.69) is 20.1 Å². The summed E-state index contributed by atoms with van der Waals surface area (Å²) in [5, 5.41) is 9.67. The number of fused-ring (bicyclic) bond motifs is 1. The maximum Gasteiger partial charge on any atom is 0.311 e. The Morgan fingerprint density at radius 2 is 1.93 bits per heavy atom. The van der Waals surface area contributed by atoms with Crippen molar-refractivity contribution in [3.63, 3.8) is 0 Å². The molecule has 3 fully saturated rings. The van der Waals surface area contributed by atoms with Gasteiger partial charge in [-0.2, -0.15) is 0 Å². The molecule has 2 unspecified atom stereocenters. The maximum absolute atomic E-state index is 14.8. The number of aryl methyl sites for hydroxylation is 1. The highest BCUT2D eigenvalue weighted by atomic mass is 35.5. The van der Waals surface area contributed by atoms with E-state index in [1.807, 2.05) is 25.1 Å². The van der Waals surface area contributed by atoms with Gasteiger partial charge in [0.25, 0.3) is 5.91 Å². The Balaban J connectivity index is 1.69. The third kappa shape index (κ3) is 6.04. The smallest absolute Gasteiger partial charge is 0.311 e. The van der Waals surface area contributed by atoms with Crippen molar-refractivity contribution in [3.8, 4) is 0 Å². The molecule has 7 nitrogen and oxygen atoms in total. The molecule has 0 saturated carbocycles. The van der Waals surface area contributed by atoms with Crippen molar-refractivity contribution in [2.24, 2.45) is 11.8 Å². The molecule has 0 aliphatic carbocycles. The summed E-state index contributed by atoms with van der Waals surface area (Å²) in [5.41, 5.74) is 1.48. The lowest BCUT2D eigenvalue weighted by molar-refractivity contribution is -0.155. The van der Waals surface area contributed by atoms with E-state index in [0.717, 1.165) is 44.1 Å². The SMILES string of the molecule is C=CCCCCOC(=O)[C@H]1[C@H]2C(=O)N(CCCCCCO)C(C(=O)N(CC=C)c3c(C)cccc3Cl)C23CC[C@]1(C)S3.